The van der Waals surface area contributed by atoms with Crippen LogP contribution in [0.3, 0.4) is 0 Å². The molecule has 80 valence electrons. The minimum atomic E-state index is 0.119. The summed E-state index contributed by atoms with van der Waals surface area (Å²) >= 11 is 0. The van der Waals surface area contributed by atoms with Gasteiger partial charge in [0.25, 0.3) is 0 Å². The Morgan fingerprint density at radius 2 is 1.87 bits per heavy atom. The average molecular weight is 201 g/mol. The normalized spacial score (nSPS) is 17.5. The van der Waals surface area contributed by atoms with Gasteiger partial charge in [-0.3, -0.25) is 4.99 Å². The van der Waals surface area contributed by atoms with Crippen molar-refractivity contribution in [1.82, 2.24) is 0 Å². The van der Waals surface area contributed by atoms with Crippen LogP contribution in [0, 0.1) is 6.92 Å². The molecule has 1 aromatic rings. The smallest absolute Gasteiger partial charge is 0.0675 e. The van der Waals surface area contributed by atoms with E-state index in [0.717, 1.165) is 6.42 Å². The molecule has 0 N–H and O–H groups in total. The summed E-state index contributed by atoms with van der Waals surface area (Å²) in [5.74, 6) is 0. The fourth-order valence-electron chi connectivity index (χ4n) is 2.43. The molecule has 0 saturated carbocycles. The highest BCUT2D eigenvalue weighted by Gasteiger charge is 2.33. The molecule has 1 heterocycles. The van der Waals surface area contributed by atoms with Gasteiger partial charge in [-0.2, -0.15) is 0 Å². The molecule has 1 aromatic carbocycles. The number of aliphatic imine (C=N–C) groups is 1. The van der Waals surface area contributed by atoms with Gasteiger partial charge in [0.15, 0.2) is 0 Å². The van der Waals surface area contributed by atoms with Crippen molar-refractivity contribution in [3.05, 3.63) is 28.8 Å². The number of aryl methyl sites for hydroxylation is 2. The summed E-state index contributed by atoms with van der Waals surface area (Å²) in [4.78, 5) is 4.69. The second-order valence-corrected chi connectivity index (χ2v) is 4.99. The van der Waals surface area contributed by atoms with Gasteiger partial charge in [-0.15, -0.1) is 0 Å². The van der Waals surface area contributed by atoms with E-state index in [-0.39, 0.29) is 5.41 Å². The second kappa shape index (κ2) is 3.19. The molecule has 1 aliphatic heterocycles. The maximum absolute atomic E-state index is 4.69. The van der Waals surface area contributed by atoms with Crippen molar-refractivity contribution in [3.8, 4) is 0 Å². The first-order valence-corrected chi connectivity index (χ1v) is 5.66. The molecule has 0 aliphatic carbocycles. The first kappa shape index (κ1) is 10.4. The minimum absolute atomic E-state index is 0.119. The highest BCUT2D eigenvalue weighted by molar-refractivity contribution is 6.00. The Labute approximate surface area is 92.2 Å². The zero-order valence-corrected chi connectivity index (χ0v) is 10.3. The van der Waals surface area contributed by atoms with Gasteiger partial charge in [-0.05, 0) is 43.0 Å². The minimum Gasteiger partial charge on any atom is -0.257 e. The fourth-order valence-corrected chi connectivity index (χ4v) is 2.43. The highest BCUT2D eigenvalue weighted by Crippen LogP contribution is 2.42. The standard InChI is InChI=1S/C14H19N/c1-6-11-7-9(2)8-12-13(11)14(4,5)10(3)15-12/h7-8H,6H2,1-5H3. The zero-order chi connectivity index (χ0) is 11.2. The predicted octanol–water partition coefficient (Wildman–Crippen LogP) is 3.94. The Bertz CT molecular complexity index is 439. The number of hydrogen-bond donors (Lipinski definition) is 0. The third-order valence-corrected chi connectivity index (χ3v) is 3.54. The Morgan fingerprint density at radius 3 is 2.47 bits per heavy atom. The molecule has 15 heavy (non-hydrogen) atoms. The average Bonchev–Trinajstić information content (AvgIpc) is 2.36. The van der Waals surface area contributed by atoms with Crippen LogP contribution < -0.4 is 0 Å². The molecule has 0 spiro atoms. The van der Waals surface area contributed by atoms with E-state index in [1.807, 2.05) is 0 Å². The summed E-state index contributed by atoms with van der Waals surface area (Å²) in [7, 11) is 0. The molecule has 1 nitrogen and oxygen atoms in total. The number of benzene rings is 1. The van der Waals surface area contributed by atoms with Crippen molar-refractivity contribution in [2.24, 2.45) is 4.99 Å². The monoisotopic (exact) mass is 201 g/mol. The lowest BCUT2D eigenvalue weighted by Gasteiger charge is -2.23. The van der Waals surface area contributed by atoms with E-state index >= 15 is 0 Å². The lowest BCUT2D eigenvalue weighted by Crippen LogP contribution is -2.24. The summed E-state index contributed by atoms with van der Waals surface area (Å²) in [5.41, 5.74) is 6.75. The molecule has 1 heteroatoms. The molecule has 0 atom stereocenters. The van der Waals surface area contributed by atoms with Crippen LogP contribution in [0.2, 0.25) is 0 Å². The summed E-state index contributed by atoms with van der Waals surface area (Å²) in [6, 6.07) is 4.50. The van der Waals surface area contributed by atoms with Crippen molar-refractivity contribution < 1.29 is 0 Å². The lowest BCUT2D eigenvalue weighted by molar-refractivity contribution is 0.721. The van der Waals surface area contributed by atoms with Crippen LogP contribution in [0.25, 0.3) is 0 Å². The van der Waals surface area contributed by atoms with E-state index < -0.39 is 0 Å². The number of nitrogens with zero attached hydrogens (tertiary/aromatic N) is 1. The van der Waals surface area contributed by atoms with Crippen molar-refractivity contribution in [1.29, 1.82) is 0 Å². The quantitative estimate of drug-likeness (QED) is 0.652. The van der Waals surface area contributed by atoms with E-state index in [2.05, 4.69) is 46.8 Å². The van der Waals surface area contributed by atoms with Crippen LogP contribution in [0.1, 0.15) is 44.4 Å². The van der Waals surface area contributed by atoms with Gasteiger partial charge in [0.1, 0.15) is 0 Å². The Balaban J connectivity index is 2.71. The van der Waals surface area contributed by atoms with Crippen LogP contribution in [0.5, 0.6) is 0 Å². The van der Waals surface area contributed by atoms with E-state index in [0.29, 0.717) is 0 Å². The third-order valence-electron chi connectivity index (χ3n) is 3.54. The highest BCUT2D eigenvalue weighted by atomic mass is 14.8. The molecule has 0 bridgehead atoms. The maximum atomic E-state index is 4.69. The summed E-state index contributed by atoms with van der Waals surface area (Å²) in [6.07, 6.45) is 1.09. The Kier molecular flexibility index (Phi) is 2.22. The Morgan fingerprint density at radius 1 is 1.20 bits per heavy atom. The SMILES string of the molecule is CCc1cc(C)cc2c1C(C)(C)C(C)=N2. The summed E-state index contributed by atoms with van der Waals surface area (Å²) < 4.78 is 0. The van der Waals surface area contributed by atoms with Gasteiger partial charge in [0.05, 0.1) is 5.69 Å². The molecule has 0 radical (unpaired) electrons. The fraction of sp³-hybridized carbons (Fsp3) is 0.500. The molecule has 0 aromatic heterocycles. The van der Waals surface area contributed by atoms with Gasteiger partial charge in [-0.25, -0.2) is 0 Å². The maximum Gasteiger partial charge on any atom is 0.0675 e. The summed E-state index contributed by atoms with van der Waals surface area (Å²) in [6.45, 7) is 11.0. The van der Waals surface area contributed by atoms with E-state index in [1.54, 1.807) is 0 Å². The van der Waals surface area contributed by atoms with Gasteiger partial charge in [-0.1, -0.05) is 26.8 Å². The summed E-state index contributed by atoms with van der Waals surface area (Å²) in [5, 5.41) is 0. The van der Waals surface area contributed by atoms with Crippen LogP contribution in [-0.4, -0.2) is 5.71 Å². The van der Waals surface area contributed by atoms with Crippen LogP contribution in [-0.2, 0) is 11.8 Å². The predicted molar refractivity (Wildman–Crippen MR) is 66.4 cm³/mol. The second-order valence-electron chi connectivity index (χ2n) is 4.99. The molecular formula is C14H19N. The van der Waals surface area contributed by atoms with Gasteiger partial charge in [0, 0.05) is 11.1 Å². The molecule has 2 rings (SSSR count). The molecular weight excluding hydrogens is 182 g/mol. The van der Waals surface area contributed by atoms with Crippen molar-refractivity contribution >= 4 is 11.4 Å². The molecule has 0 unspecified atom stereocenters. The number of fused-ring (bicyclic) bond motifs is 1. The molecule has 0 amide bonds. The zero-order valence-electron chi connectivity index (χ0n) is 10.3. The van der Waals surface area contributed by atoms with E-state index in [1.165, 1.54) is 28.1 Å². The first-order valence-electron chi connectivity index (χ1n) is 5.66. The lowest BCUT2D eigenvalue weighted by atomic mass is 9.79. The van der Waals surface area contributed by atoms with E-state index in [9.17, 15) is 0 Å². The number of hydrogen-bond acceptors (Lipinski definition) is 1. The largest absolute Gasteiger partial charge is 0.257 e. The van der Waals surface area contributed by atoms with Crippen LogP contribution in [0.15, 0.2) is 17.1 Å². The topological polar surface area (TPSA) is 12.4 Å². The third kappa shape index (κ3) is 1.41. The number of rotatable bonds is 1. The van der Waals surface area contributed by atoms with Gasteiger partial charge in [0.2, 0.25) is 0 Å². The molecule has 1 aliphatic rings. The van der Waals surface area contributed by atoms with Crippen LogP contribution in [0.4, 0.5) is 5.69 Å². The first-order chi connectivity index (χ1) is 6.96. The van der Waals surface area contributed by atoms with Crippen molar-refractivity contribution in [3.63, 3.8) is 0 Å². The van der Waals surface area contributed by atoms with Crippen molar-refractivity contribution in [2.45, 2.75) is 46.5 Å². The molecule has 0 fully saturated rings. The van der Waals surface area contributed by atoms with Gasteiger partial charge >= 0.3 is 0 Å². The van der Waals surface area contributed by atoms with E-state index in [4.69, 9.17) is 4.99 Å². The Hall–Kier alpha value is -1.11. The van der Waals surface area contributed by atoms with Gasteiger partial charge < -0.3 is 0 Å². The molecule has 0 saturated heterocycles. The van der Waals surface area contributed by atoms with Crippen LogP contribution >= 0.6 is 0 Å². The van der Waals surface area contributed by atoms with Crippen molar-refractivity contribution in [2.75, 3.05) is 0 Å².